The first-order chi connectivity index (χ1) is 12.5. The van der Waals surface area contributed by atoms with E-state index in [0.717, 1.165) is 11.3 Å². The zero-order valence-electron chi connectivity index (χ0n) is 15.3. The first-order valence-electron chi connectivity index (χ1n) is 8.51. The fourth-order valence-corrected chi connectivity index (χ4v) is 2.41. The second-order valence-corrected chi connectivity index (χ2v) is 5.80. The molecule has 0 aromatic heterocycles. The molecule has 0 saturated heterocycles. The van der Waals surface area contributed by atoms with Crippen LogP contribution in [0.4, 0.5) is 10.5 Å². The van der Waals surface area contributed by atoms with Gasteiger partial charge in [-0.25, -0.2) is 4.79 Å². The summed E-state index contributed by atoms with van der Waals surface area (Å²) in [5, 5.41) is 5.37. The number of ether oxygens (including phenoxy) is 2. The van der Waals surface area contributed by atoms with Crippen LogP contribution >= 0.6 is 0 Å². The average Bonchev–Trinajstić information content (AvgIpc) is 2.60. The maximum absolute atomic E-state index is 12.2. The first kappa shape index (κ1) is 19.3. The van der Waals surface area contributed by atoms with Crippen molar-refractivity contribution in [1.29, 1.82) is 0 Å². The van der Waals surface area contributed by atoms with Gasteiger partial charge in [0.1, 0.15) is 12.4 Å². The van der Waals surface area contributed by atoms with Crippen molar-refractivity contribution >= 4 is 17.7 Å². The summed E-state index contributed by atoms with van der Waals surface area (Å²) in [4.78, 5) is 23.7. The molecule has 0 radical (unpaired) electrons. The van der Waals surface area contributed by atoms with Crippen LogP contribution in [0, 0.1) is 13.8 Å². The molecule has 0 aliphatic carbocycles. The maximum atomic E-state index is 12.2. The van der Waals surface area contributed by atoms with Gasteiger partial charge in [0.25, 0.3) is 5.91 Å². The summed E-state index contributed by atoms with van der Waals surface area (Å²) in [7, 11) is 0. The Labute approximate surface area is 153 Å². The molecule has 0 heterocycles. The van der Waals surface area contributed by atoms with Gasteiger partial charge in [0.15, 0.2) is 0 Å². The molecular weight excluding hydrogens is 332 g/mol. The molecule has 6 nitrogen and oxygen atoms in total. The van der Waals surface area contributed by atoms with Crippen LogP contribution in [0.15, 0.2) is 42.5 Å². The summed E-state index contributed by atoms with van der Waals surface area (Å²) < 4.78 is 10.5. The highest BCUT2D eigenvalue weighted by Gasteiger charge is 2.08. The number of anilines is 1. The van der Waals surface area contributed by atoms with Gasteiger partial charge in [0.05, 0.1) is 13.2 Å². The molecule has 0 aliphatic heterocycles. The van der Waals surface area contributed by atoms with Crippen LogP contribution in [0.5, 0.6) is 5.75 Å². The largest absolute Gasteiger partial charge is 0.491 e. The Kier molecular flexibility index (Phi) is 7.02. The Bertz CT molecular complexity index is 774. The summed E-state index contributed by atoms with van der Waals surface area (Å²) in [6.45, 7) is 6.78. The van der Waals surface area contributed by atoms with Gasteiger partial charge in [0.2, 0.25) is 0 Å². The topological polar surface area (TPSA) is 76.7 Å². The van der Waals surface area contributed by atoms with Gasteiger partial charge in [-0.05, 0) is 50.6 Å². The number of amides is 2. The number of carbonyl (C=O) groups is 2. The molecule has 0 atom stereocenters. The van der Waals surface area contributed by atoms with Crippen molar-refractivity contribution in [2.75, 3.05) is 25.1 Å². The Hall–Kier alpha value is -3.02. The van der Waals surface area contributed by atoms with Crippen molar-refractivity contribution in [2.45, 2.75) is 20.8 Å². The summed E-state index contributed by atoms with van der Waals surface area (Å²) >= 11 is 0. The van der Waals surface area contributed by atoms with Crippen molar-refractivity contribution in [3.63, 3.8) is 0 Å². The lowest BCUT2D eigenvalue weighted by Gasteiger charge is -2.11. The van der Waals surface area contributed by atoms with E-state index >= 15 is 0 Å². The van der Waals surface area contributed by atoms with E-state index in [1.54, 1.807) is 31.2 Å². The molecule has 6 heteroatoms. The van der Waals surface area contributed by atoms with Crippen LogP contribution in [0.3, 0.4) is 0 Å². The van der Waals surface area contributed by atoms with Crippen LogP contribution < -0.4 is 15.4 Å². The predicted octanol–water partition coefficient (Wildman–Crippen LogP) is 3.68. The van der Waals surface area contributed by atoms with E-state index in [9.17, 15) is 9.59 Å². The first-order valence-corrected chi connectivity index (χ1v) is 8.51. The fraction of sp³-hybridized carbons (Fsp3) is 0.300. The van der Waals surface area contributed by atoms with Crippen LogP contribution in [-0.2, 0) is 4.74 Å². The van der Waals surface area contributed by atoms with Crippen molar-refractivity contribution in [3.05, 3.63) is 59.2 Å². The zero-order valence-corrected chi connectivity index (χ0v) is 15.3. The highest BCUT2D eigenvalue weighted by atomic mass is 16.5. The lowest BCUT2D eigenvalue weighted by molar-refractivity contribution is 0.0947. The van der Waals surface area contributed by atoms with E-state index in [-0.39, 0.29) is 12.5 Å². The molecule has 0 saturated carbocycles. The minimum absolute atomic E-state index is 0.235. The van der Waals surface area contributed by atoms with Crippen molar-refractivity contribution in [1.82, 2.24) is 5.32 Å². The van der Waals surface area contributed by atoms with Crippen LogP contribution in [-0.4, -0.2) is 31.8 Å². The predicted molar refractivity (Wildman–Crippen MR) is 101 cm³/mol. The Morgan fingerprint density at radius 2 is 1.88 bits per heavy atom. The second-order valence-electron chi connectivity index (χ2n) is 5.80. The third kappa shape index (κ3) is 5.81. The molecule has 0 aliphatic rings. The van der Waals surface area contributed by atoms with Gasteiger partial charge in [-0.2, -0.15) is 0 Å². The van der Waals surface area contributed by atoms with E-state index in [0.29, 0.717) is 24.4 Å². The number of aryl methyl sites for hydroxylation is 2. The average molecular weight is 356 g/mol. The highest BCUT2D eigenvalue weighted by Crippen LogP contribution is 2.18. The van der Waals surface area contributed by atoms with Gasteiger partial charge in [0, 0.05) is 11.3 Å². The fourth-order valence-electron chi connectivity index (χ4n) is 2.41. The summed E-state index contributed by atoms with van der Waals surface area (Å²) in [6, 6.07) is 12.6. The van der Waals surface area contributed by atoms with Crippen LogP contribution in [0.2, 0.25) is 0 Å². The molecule has 2 aromatic rings. The number of carbonyl (C=O) groups excluding carboxylic acids is 2. The molecule has 0 fully saturated rings. The third-order valence-electron chi connectivity index (χ3n) is 3.62. The molecule has 26 heavy (non-hydrogen) atoms. The van der Waals surface area contributed by atoms with Crippen molar-refractivity contribution in [2.24, 2.45) is 0 Å². The number of nitrogens with one attached hydrogen (secondary N) is 2. The standard InChI is InChI=1S/C20H24N2O4/c1-4-25-20(24)22-17-7-5-6-16(13-17)19(23)21-10-11-26-18-9-8-14(2)12-15(18)3/h5-9,12-13H,4,10-11H2,1-3H3,(H,21,23)(H,22,24). The van der Waals surface area contributed by atoms with Crippen LogP contribution in [0.25, 0.3) is 0 Å². The molecule has 138 valence electrons. The number of rotatable bonds is 7. The number of hydrogen-bond donors (Lipinski definition) is 2. The van der Waals surface area contributed by atoms with Gasteiger partial charge < -0.3 is 14.8 Å². The summed E-state index contributed by atoms with van der Waals surface area (Å²) in [5.41, 5.74) is 3.20. The summed E-state index contributed by atoms with van der Waals surface area (Å²) in [5.74, 6) is 0.576. The van der Waals surface area contributed by atoms with Gasteiger partial charge >= 0.3 is 6.09 Å². The smallest absolute Gasteiger partial charge is 0.411 e. The van der Waals surface area contributed by atoms with Gasteiger partial charge in [-0.1, -0.05) is 23.8 Å². The highest BCUT2D eigenvalue weighted by molar-refractivity contribution is 5.96. The minimum Gasteiger partial charge on any atom is -0.491 e. The molecule has 2 rings (SSSR count). The van der Waals surface area contributed by atoms with Crippen LogP contribution in [0.1, 0.15) is 28.4 Å². The third-order valence-corrected chi connectivity index (χ3v) is 3.62. The minimum atomic E-state index is -0.549. The van der Waals surface area contributed by atoms with Gasteiger partial charge in [-0.15, -0.1) is 0 Å². The Morgan fingerprint density at radius 3 is 2.62 bits per heavy atom. The Morgan fingerprint density at radius 1 is 1.08 bits per heavy atom. The van der Waals surface area contributed by atoms with Gasteiger partial charge in [-0.3, -0.25) is 10.1 Å². The molecule has 2 aromatic carbocycles. The van der Waals surface area contributed by atoms with E-state index in [1.807, 2.05) is 26.0 Å². The molecule has 0 unspecified atom stereocenters. The molecular formula is C20H24N2O4. The van der Waals surface area contributed by atoms with E-state index < -0.39 is 6.09 Å². The molecule has 2 N–H and O–H groups in total. The normalized spacial score (nSPS) is 10.1. The number of hydrogen-bond acceptors (Lipinski definition) is 4. The SMILES string of the molecule is CCOC(=O)Nc1cccc(C(=O)NCCOc2ccc(C)cc2C)c1. The van der Waals surface area contributed by atoms with E-state index in [4.69, 9.17) is 9.47 Å². The maximum Gasteiger partial charge on any atom is 0.411 e. The van der Waals surface area contributed by atoms with Crippen molar-refractivity contribution < 1.29 is 19.1 Å². The van der Waals surface area contributed by atoms with E-state index in [1.165, 1.54) is 5.56 Å². The zero-order chi connectivity index (χ0) is 18.9. The molecule has 0 spiro atoms. The quantitative estimate of drug-likeness (QED) is 0.742. The second kappa shape index (κ2) is 9.46. The van der Waals surface area contributed by atoms with E-state index in [2.05, 4.69) is 16.7 Å². The lowest BCUT2D eigenvalue weighted by atomic mass is 10.1. The molecule has 2 amide bonds. The monoisotopic (exact) mass is 356 g/mol. The summed E-state index contributed by atoms with van der Waals surface area (Å²) in [6.07, 6.45) is -0.549. The Balaban J connectivity index is 1.83. The van der Waals surface area contributed by atoms with Crippen molar-refractivity contribution in [3.8, 4) is 5.75 Å². The molecule has 0 bridgehead atoms. The lowest BCUT2D eigenvalue weighted by Crippen LogP contribution is -2.28. The number of benzene rings is 2.